The van der Waals surface area contributed by atoms with Crippen LogP contribution in [0, 0.1) is 6.92 Å². The number of aryl methyl sites for hydroxylation is 1. The number of benzene rings is 1. The summed E-state index contributed by atoms with van der Waals surface area (Å²) in [5.74, 6) is -0.188. The van der Waals surface area contributed by atoms with Crippen LogP contribution < -0.4 is 16.2 Å². The van der Waals surface area contributed by atoms with Crippen molar-refractivity contribution in [2.45, 2.75) is 19.9 Å². The molecule has 0 saturated heterocycles. The molecule has 0 saturated carbocycles. The Morgan fingerprint density at radius 2 is 1.86 bits per heavy atom. The van der Waals surface area contributed by atoms with Gasteiger partial charge in [-0.1, -0.05) is 30.3 Å². The van der Waals surface area contributed by atoms with Gasteiger partial charge in [0.15, 0.2) is 0 Å². The molecule has 0 bridgehead atoms. The molecular formula is C17H21N3O2. The first-order chi connectivity index (χ1) is 10.6. The molecule has 2 rings (SSSR count). The Morgan fingerprint density at radius 1 is 1.14 bits per heavy atom. The van der Waals surface area contributed by atoms with Gasteiger partial charge in [-0.2, -0.15) is 0 Å². The van der Waals surface area contributed by atoms with Gasteiger partial charge in [0.1, 0.15) is 12.2 Å². The molecule has 1 amide bonds. The molecule has 1 aromatic carbocycles. The van der Waals surface area contributed by atoms with Gasteiger partial charge in [-0.05, 0) is 31.0 Å². The van der Waals surface area contributed by atoms with Gasteiger partial charge in [-0.3, -0.25) is 9.59 Å². The molecule has 1 aromatic heterocycles. The van der Waals surface area contributed by atoms with E-state index in [9.17, 15) is 9.59 Å². The lowest BCUT2D eigenvalue weighted by Gasteiger charge is -2.12. The van der Waals surface area contributed by atoms with Gasteiger partial charge in [0.05, 0.1) is 0 Å². The minimum Gasteiger partial charge on any atom is -0.380 e. The maximum atomic E-state index is 12.4. The van der Waals surface area contributed by atoms with E-state index in [2.05, 4.69) is 22.8 Å². The topological polar surface area (TPSA) is 63.1 Å². The zero-order chi connectivity index (χ0) is 15.9. The number of nitrogens with one attached hydrogen (secondary N) is 2. The first kappa shape index (κ1) is 15.8. The Bertz CT molecular complexity index is 693. The molecule has 0 atom stereocenters. The fourth-order valence-electron chi connectivity index (χ4n) is 2.21. The monoisotopic (exact) mass is 299 g/mol. The van der Waals surface area contributed by atoms with Gasteiger partial charge in [0.2, 0.25) is 5.91 Å². The van der Waals surface area contributed by atoms with Crippen molar-refractivity contribution in [2.75, 3.05) is 18.9 Å². The van der Waals surface area contributed by atoms with E-state index in [-0.39, 0.29) is 18.0 Å². The van der Waals surface area contributed by atoms with Crippen LogP contribution in [0.2, 0.25) is 0 Å². The average Bonchev–Trinajstić information content (AvgIpc) is 2.54. The number of hydrogen-bond acceptors (Lipinski definition) is 3. The second-order valence-corrected chi connectivity index (χ2v) is 5.12. The summed E-state index contributed by atoms with van der Waals surface area (Å²) in [5, 5.41) is 5.69. The van der Waals surface area contributed by atoms with E-state index in [4.69, 9.17) is 0 Å². The molecule has 0 unspecified atom stereocenters. The van der Waals surface area contributed by atoms with E-state index in [1.165, 1.54) is 10.1 Å². The number of pyridine rings is 1. The summed E-state index contributed by atoms with van der Waals surface area (Å²) in [6, 6.07) is 13.7. The lowest BCUT2D eigenvalue weighted by Crippen LogP contribution is -2.32. The average molecular weight is 299 g/mol. The Hall–Kier alpha value is -2.56. The molecule has 22 heavy (non-hydrogen) atoms. The molecule has 0 aliphatic rings. The Labute approximate surface area is 130 Å². The molecule has 2 aromatic rings. The SMILES string of the molecule is CNC(=O)Cn1c(C)ccc(NCCc2ccccc2)c1=O. The maximum Gasteiger partial charge on any atom is 0.274 e. The van der Waals surface area contributed by atoms with Crippen molar-refractivity contribution in [1.82, 2.24) is 9.88 Å². The zero-order valence-electron chi connectivity index (χ0n) is 12.9. The molecule has 0 aliphatic carbocycles. The van der Waals surface area contributed by atoms with Crippen molar-refractivity contribution in [3.63, 3.8) is 0 Å². The fraction of sp³-hybridized carbons (Fsp3) is 0.294. The molecule has 2 N–H and O–H groups in total. The Morgan fingerprint density at radius 3 is 2.55 bits per heavy atom. The van der Waals surface area contributed by atoms with Crippen molar-refractivity contribution in [3.05, 3.63) is 64.1 Å². The molecule has 5 nitrogen and oxygen atoms in total. The minimum absolute atomic E-state index is 0.0371. The summed E-state index contributed by atoms with van der Waals surface area (Å²) in [6.07, 6.45) is 0.837. The number of carbonyl (C=O) groups excluding carboxylic acids is 1. The van der Waals surface area contributed by atoms with Crippen LogP contribution in [-0.4, -0.2) is 24.1 Å². The van der Waals surface area contributed by atoms with E-state index in [0.29, 0.717) is 12.2 Å². The van der Waals surface area contributed by atoms with Gasteiger partial charge in [-0.15, -0.1) is 0 Å². The van der Waals surface area contributed by atoms with Crippen molar-refractivity contribution < 1.29 is 4.79 Å². The quantitative estimate of drug-likeness (QED) is 0.851. The smallest absolute Gasteiger partial charge is 0.274 e. The predicted octanol–water partition coefficient (Wildman–Crippen LogP) is 1.56. The van der Waals surface area contributed by atoms with Crippen LogP contribution >= 0.6 is 0 Å². The van der Waals surface area contributed by atoms with Crippen LogP contribution in [0.1, 0.15) is 11.3 Å². The summed E-state index contributed by atoms with van der Waals surface area (Å²) in [4.78, 5) is 23.9. The lowest BCUT2D eigenvalue weighted by atomic mass is 10.1. The number of aromatic nitrogens is 1. The molecule has 1 heterocycles. The summed E-state index contributed by atoms with van der Waals surface area (Å²) < 4.78 is 1.48. The van der Waals surface area contributed by atoms with Crippen LogP contribution in [0.4, 0.5) is 5.69 Å². The molecule has 0 radical (unpaired) electrons. The molecule has 0 aliphatic heterocycles. The van der Waals surface area contributed by atoms with E-state index < -0.39 is 0 Å². The third-order valence-electron chi connectivity index (χ3n) is 3.55. The molecule has 116 valence electrons. The molecule has 5 heteroatoms. The molecule has 0 fully saturated rings. The highest BCUT2D eigenvalue weighted by Gasteiger charge is 2.09. The first-order valence-corrected chi connectivity index (χ1v) is 7.30. The van der Waals surface area contributed by atoms with Crippen LogP contribution in [0.15, 0.2) is 47.3 Å². The standard InChI is InChI=1S/C17H21N3O2/c1-13-8-9-15(17(22)20(13)12-16(21)18-2)19-11-10-14-6-4-3-5-7-14/h3-9,19H,10-12H2,1-2H3,(H,18,21). The van der Waals surface area contributed by atoms with E-state index >= 15 is 0 Å². The second-order valence-electron chi connectivity index (χ2n) is 5.12. The number of likely N-dealkylation sites (N-methyl/N-ethyl adjacent to an activating group) is 1. The fourth-order valence-corrected chi connectivity index (χ4v) is 2.21. The highest BCUT2D eigenvalue weighted by atomic mass is 16.2. The lowest BCUT2D eigenvalue weighted by molar-refractivity contribution is -0.121. The second kappa shape index (κ2) is 7.45. The van der Waals surface area contributed by atoms with Gasteiger partial charge >= 0.3 is 0 Å². The maximum absolute atomic E-state index is 12.4. The van der Waals surface area contributed by atoms with E-state index in [1.807, 2.05) is 31.2 Å². The largest absolute Gasteiger partial charge is 0.380 e. The van der Waals surface area contributed by atoms with E-state index in [0.717, 1.165) is 12.1 Å². The van der Waals surface area contributed by atoms with Gasteiger partial charge in [-0.25, -0.2) is 0 Å². The summed E-state index contributed by atoms with van der Waals surface area (Å²) >= 11 is 0. The highest BCUT2D eigenvalue weighted by molar-refractivity contribution is 5.75. The molecular weight excluding hydrogens is 278 g/mol. The summed E-state index contributed by atoms with van der Waals surface area (Å²) in [5.41, 5.74) is 2.33. The van der Waals surface area contributed by atoms with Crippen molar-refractivity contribution in [1.29, 1.82) is 0 Å². The van der Waals surface area contributed by atoms with E-state index in [1.54, 1.807) is 13.1 Å². The minimum atomic E-state index is -0.188. The predicted molar refractivity (Wildman–Crippen MR) is 88.1 cm³/mol. The van der Waals surface area contributed by atoms with Crippen LogP contribution in [-0.2, 0) is 17.8 Å². The number of rotatable bonds is 6. The van der Waals surface area contributed by atoms with Gasteiger partial charge in [0, 0.05) is 19.3 Å². The number of anilines is 1. The van der Waals surface area contributed by atoms with Crippen LogP contribution in [0.5, 0.6) is 0 Å². The summed E-state index contributed by atoms with van der Waals surface area (Å²) in [7, 11) is 1.56. The third kappa shape index (κ3) is 3.97. The van der Waals surface area contributed by atoms with Gasteiger partial charge < -0.3 is 15.2 Å². The molecule has 0 spiro atoms. The first-order valence-electron chi connectivity index (χ1n) is 7.30. The third-order valence-corrected chi connectivity index (χ3v) is 3.55. The number of nitrogens with zero attached hydrogens (tertiary/aromatic N) is 1. The van der Waals surface area contributed by atoms with Crippen LogP contribution in [0.25, 0.3) is 0 Å². The van der Waals surface area contributed by atoms with Crippen molar-refractivity contribution in [3.8, 4) is 0 Å². The van der Waals surface area contributed by atoms with Crippen molar-refractivity contribution in [2.24, 2.45) is 0 Å². The van der Waals surface area contributed by atoms with Gasteiger partial charge in [0.25, 0.3) is 5.56 Å². The Kier molecular flexibility index (Phi) is 5.36. The summed E-state index contributed by atoms with van der Waals surface area (Å²) in [6.45, 7) is 2.52. The van der Waals surface area contributed by atoms with Crippen molar-refractivity contribution >= 4 is 11.6 Å². The zero-order valence-corrected chi connectivity index (χ0v) is 12.9. The number of hydrogen-bond donors (Lipinski definition) is 2. The number of carbonyl (C=O) groups is 1. The number of amides is 1. The highest BCUT2D eigenvalue weighted by Crippen LogP contribution is 2.05. The van der Waals surface area contributed by atoms with Crippen LogP contribution in [0.3, 0.4) is 0 Å². The normalized spacial score (nSPS) is 10.3. The Balaban J connectivity index is 2.07.